The Kier molecular flexibility index (Phi) is 3.99. The molecule has 0 aliphatic carbocycles. The molecule has 0 amide bonds. The summed E-state index contributed by atoms with van der Waals surface area (Å²) < 4.78 is 62.0. The number of hydrogen-bond donors (Lipinski definition) is 1. The second kappa shape index (κ2) is 5.73. The molecule has 1 aromatic carbocycles. The minimum atomic E-state index is -4.69. The van der Waals surface area contributed by atoms with Crippen LogP contribution in [0.3, 0.4) is 0 Å². The maximum absolute atomic E-state index is 14.3. The molecule has 128 valence electrons. The first-order chi connectivity index (χ1) is 11.3. The molecular weight excluding hydrogens is 324 g/mol. The number of nitrogens with zero attached hydrogens (tertiary/aromatic N) is 1. The first kappa shape index (κ1) is 16.7. The van der Waals surface area contributed by atoms with E-state index in [1.807, 2.05) is 0 Å². The summed E-state index contributed by atoms with van der Waals surface area (Å²) in [5, 5.41) is 2.85. The van der Waals surface area contributed by atoms with E-state index in [2.05, 4.69) is 10.3 Å². The summed E-state index contributed by atoms with van der Waals surface area (Å²) in [7, 11) is 0. The van der Waals surface area contributed by atoms with Crippen LogP contribution < -0.4 is 5.32 Å². The van der Waals surface area contributed by atoms with E-state index in [-0.39, 0.29) is 22.6 Å². The number of hydrogen-bond acceptors (Lipinski definition) is 3. The molecule has 0 fully saturated rings. The number of benzene rings is 1. The van der Waals surface area contributed by atoms with E-state index in [9.17, 15) is 17.6 Å². The van der Waals surface area contributed by atoms with Crippen LogP contribution in [0.4, 0.5) is 29.1 Å². The van der Waals surface area contributed by atoms with Gasteiger partial charge in [0.05, 0.1) is 12.7 Å². The first-order valence-corrected chi connectivity index (χ1v) is 7.46. The second-order valence-corrected chi connectivity index (χ2v) is 5.98. The number of halogens is 4. The van der Waals surface area contributed by atoms with Gasteiger partial charge in [0.15, 0.2) is 0 Å². The van der Waals surface area contributed by atoms with Crippen molar-refractivity contribution >= 4 is 11.5 Å². The summed E-state index contributed by atoms with van der Waals surface area (Å²) in [5.74, 6) is -0.637. The molecule has 1 N–H and O–H groups in total. The fraction of sp³-hybridized carbons (Fsp3) is 0.353. The lowest BCUT2D eigenvalue weighted by atomic mass is 9.71. The van der Waals surface area contributed by atoms with Crippen molar-refractivity contribution in [3.05, 3.63) is 53.5 Å². The van der Waals surface area contributed by atoms with Crippen LogP contribution in [-0.4, -0.2) is 23.9 Å². The van der Waals surface area contributed by atoms with E-state index in [0.717, 1.165) is 12.1 Å². The molecule has 2 heterocycles. The van der Waals surface area contributed by atoms with Crippen molar-refractivity contribution in [1.82, 2.24) is 4.98 Å². The third-order valence-electron chi connectivity index (χ3n) is 4.08. The number of fused-ring (bicyclic) bond motifs is 2. The Hall–Kier alpha value is -2.15. The number of anilines is 2. The van der Waals surface area contributed by atoms with Gasteiger partial charge in [-0.05, 0) is 38.1 Å². The molecule has 0 bridgehead atoms. The molecule has 0 spiro atoms. The van der Waals surface area contributed by atoms with Gasteiger partial charge in [0.1, 0.15) is 17.1 Å². The lowest BCUT2D eigenvalue weighted by molar-refractivity contribution is -0.195. The lowest BCUT2D eigenvalue weighted by Gasteiger charge is -2.41. The van der Waals surface area contributed by atoms with Crippen molar-refractivity contribution < 1.29 is 22.3 Å². The third kappa shape index (κ3) is 2.53. The average molecular weight is 340 g/mol. The van der Waals surface area contributed by atoms with E-state index in [1.165, 1.54) is 24.4 Å². The van der Waals surface area contributed by atoms with Crippen LogP contribution in [-0.2, 0) is 10.2 Å². The largest absolute Gasteiger partial charge is 0.404 e. The van der Waals surface area contributed by atoms with Gasteiger partial charge in [0.2, 0.25) is 0 Å². The highest BCUT2D eigenvalue weighted by Gasteiger charge is 2.61. The van der Waals surface area contributed by atoms with E-state index in [4.69, 9.17) is 4.74 Å². The first-order valence-electron chi connectivity index (χ1n) is 7.46. The number of rotatable bonds is 3. The standard InChI is InChI=1S/C17H16F4N2O/c1-10(2)24-9-16(17(19,20)21)12-4-3-7-22-15(12)23-14-6-5-11(18)8-13(14)16/h3-8,10H,9H2,1-2H3,(H,22,23). The van der Waals surface area contributed by atoms with E-state index in [1.54, 1.807) is 13.8 Å². The van der Waals surface area contributed by atoms with E-state index in [0.29, 0.717) is 0 Å². The molecule has 0 radical (unpaired) electrons. The number of ether oxygens (including phenoxy) is 1. The zero-order valence-corrected chi connectivity index (χ0v) is 13.1. The molecule has 7 heteroatoms. The summed E-state index contributed by atoms with van der Waals surface area (Å²) in [6, 6.07) is 6.10. The summed E-state index contributed by atoms with van der Waals surface area (Å²) in [6.45, 7) is 2.66. The minimum absolute atomic E-state index is 0.0729. The molecule has 1 unspecified atom stereocenters. The molecule has 1 aliphatic heterocycles. The molecular formula is C17H16F4N2O. The van der Waals surface area contributed by atoms with Gasteiger partial charge in [0.25, 0.3) is 0 Å². The molecule has 0 saturated heterocycles. The maximum Gasteiger partial charge on any atom is 0.404 e. The SMILES string of the molecule is CC(C)OCC1(C(F)(F)F)c2cc(F)ccc2Nc2ncccc21. The normalized spacial score (nSPS) is 19.6. The zero-order valence-electron chi connectivity index (χ0n) is 13.1. The van der Waals surface area contributed by atoms with Crippen LogP contribution in [0.1, 0.15) is 25.0 Å². The van der Waals surface area contributed by atoms with Gasteiger partial charge in [-0.2, -0.15) is 13.2 Å². The van der Waals surface area contributed by atoms with Crippen LogP contribution in [0, 0.1) is 5.82 Å². The van der Waals surface area contributed by atoms with Crippen LogP contribution >= 0.6 is 0 Å². The molecule has 24 heavy (non-hydrogen) atoms. The quantitative estimate of drug-likeness (QED) is 0.832. The average Bonchev–Trinajstić information content (AvgIpc) is 2.50. The van der Waals surface area contributed by atoms with Crippen LogP contribution in [0.15, 0.2) is 36.5 Å². The molecule has 1 atom stereocenters. The van der Waals surface area contributed by atoms with Gasteiger partial charge in [0, 0.05) is 23.0 Å². The lowest BCUT2D eigenvalue weighted by Crippen LogP contribution is -2.50. The van der Waals surface area contributed by atoms with E-state index < -0.39 is 30.1 Å². The van der Waals surface area contributed by atoms with Crippen LogP contribution in [0.2, 0.25) is 0 Å². The Morgan fingerprint density at radius 2 is 1.96 bits per heavy atom. The van der Waals surface area contributed by atoms with Crippen molar-refractivity contribution in [2.24, 2.45) is 0 Å². The summed E-state index contributed by atoms with van der Waals surface area (Å²) >= 11 is 0. The van der Waals surface area contributed by atoms with Gasteiger partial charge >= 0.3 is 6.18 Å². The van der Waals surface area contributed by atoms with Crippen molar-refractivity contribution in [1.29, 1.82) is 0 Å². The van der Waals surface area contributed by atoms with Crippen molar-refractivity contribution in [3.8, 4) is 0 Å². The fourth-order valence-electron chi connectivity index (χ4n) is 2.93. The van der Waals surface area contributed by atoms with Gasteiger partial charge in [-0.15, -0.1) is 0 Å². The van der Waals surface area contributed by atoms with Crippen molar-refractivity contribution in [2.45, 2.75) is 31.5 Å². The number of nitrogens with one attached hydrogen (secondary N) is 1. The van der Waals surface area contributed by atoms with Crippen LogP contribution in [0.25, 0.3) is 0 Å². The molecule has 3 nitrogen and oxygen atoms in total. The molecule has 3 rings (SSSR count). The topological polar surface area (TPSA) is 34.1 Å². The Morgan fingerprint density at radius 1 is 1.21 bits per heavy atom. The summed E-state index contributed by atoms with van der Waals surface area (Å²) in [6.07, 6.45) is -3.69. The van der Waals surface area contributed by atoms with Crippen molar-refractivity contribution in [3.63, 3.8) is 0 Å². The third-order valence-corrected chi connectivity index (χ3v) is 4.08. The van der Waals surface area contributed by atoms with Crippen molar-refractivity contribution in [2.75, 3.05) is 11.9 Å². The molecule has 0 saturated carbocycles. The Morgan fingerprint density at radius 3 is 2.62 bits per heavy atom. The summed E-state index contributed by atoms with van der Waals surface area (Å²) in [5.41, 5.74) is -2.58. The van der Waals surface area contributed by atoms with Crippen LogP contribution in [0.5, 0.6) is 0 Å². The van der Waals surface area contributed by atoms with Gasteiger partial charge < -0.3 is 10.1 Å². The predicted molar refractivity (Wildman–Crippen MR) is 81.8 cm³/mol. The highest BCUT2D eigenvalue weighted by atomic mass is 19.4. The smallest absolute Gasteiger partial charge is 0.377 e. The Balaban J connectivity index is 2.31. The summed E-state index contributed by atoms with van der Waals surface area (Å²) in [4.78, 5) is 4.02. The molecule has 2 aromatic rings. The fourth-order valence-corrected chi connectivity index (χ4v) is 2.93. The van der Waals surface area contributed by atoms with E-state index >= 15 is 0 Å². The Bertz CT molecular complexity index is 760. The molecule has 1 aliphatic rings. The zero-order chi connectivity index (χ0) is 17.5. The maximum atomic E-state index is 14.3. The predicted octanol–water partition coefficient (Wildman–Crippen LogP) is 4.55. The minimum Gasteiger partial charge on any atom is -0.377 e. The van der Waals surface area contributed by atoms with Gasteiger partial charge in [-0.3, -0.25) is 0 Å². The highest BCUT2D eigenvalue weighted by molar-refractivity contribution is 5.74. The number of aromatic nitrogens is 1. The second-order valence-electron chi connectivity index (χ2n) is 5.98. The number of alkyl halides is 3. The van der Waals surface area contributed by atoms with Gasteiger partial charge in [-0.1, -0.05) is 6.07 Å². The highest BCUT2D eigenvalue weighted by Crippen LogP contribution is 2.53. The monoisotopic (exact) mass is 340 g/mol. The number of pyridine rings is 1. The molecule has 1 aromatic heterocycles. The Labute approximate surface area is 136 Å². The van der Waals surface area contributed by atoms with Gasteiger partial charge in [-0.25, -0.2) is 9.37 Å².